The van der Waals surface area contributed by atoms with Crippen molar-refractivity contribution < 1.29 is 57.5 Å². The molecule has 2 saturated heterocycles. The fraction of sp³-hybridized carbons (Fsp3) is 0.755. The SMILES string of the molecule is CO[C@H]1C[C@@H]2CC[C@@H](C)[C@@](O)(O2)C(=O)C(=O)N2CCCCC2C(=O)O[C@H]([C@H](C)C[C@@H]2CCC(OP(C)(C)=O)[C@H](C)C2)CC(=O)[C@H](C)/C=C(\C)[C@@H](O)[C@@H](C)C(=O)[C@H](C)C[C@H](C)/C=C/C=CC=C1C. The van der Waals surface area contributed by atoms with Gasteiger partial charge in [-0.2, -0.15) is 0 Å². The number of aliphatic hydroxyl groups is 2. The van der Waals surface area contributed by atoms with Crippen molar-refractivity contribution in [3.05, 3.63) is 47.6 Å². The highest BCUT2D eigenvalue weighted by Crippen LogP contribution is 2.46. The standard InChI is InChI=1S/C53H84NO12P/c1-32-18-14-13-15-19-33(2)46(63-10)30-42-23-21-39(8)53(61,65-42)50(58)51(59)54-25-17-16-20-43(54)52(60)64-47(36(5)29-41-22-24-45(35(4)28-41)66-67(11,12)62)31-44(55)34(3)27-38(7)49(57)40(9)48(56)37(6)26-32/h13-15,18-19,27,32,34-37,39-43,45-47,49,57,61H,16-17,20-26,28-31H2,1-12H3/b15-13?,18-14+,33-19?,38-27+/t32-,34-,35-,36-,37-,39-,40+,41-,42+,43?,45?,46+,47+,49-,53-/m1/s1. The second kappa shape index (κ2) is 25.2. The van der Waals surface area contributed by atoms with Gasteiger partial charge in [-0.25, -0.2) is 4.79 Å². The van der Waals surface area contributed by atoms with Crippen molar-refractivity contribution in [3.8, 4) is 0 Å². The number of aliphatic hydroxyl groups excluding tert-OH is 1. The number of nitrogens with zero attached hydrogens (tertiary/aromatic N) is 1. The molecule has 1 saturated carbocycles. The quantitative estimate of drug-likeness (QED) is 0.112. The third kappa shape index (κ3) is 15.7. The number of esters is 1. The number of ketones is 3. The van der Waals surface area contributed by atoms with E-state index < -0.39 is 79.0 Å². The number of fused-ring (bicyclic) bond motifs is 3. The lowest BCUT2D eigenvalue weighted by Gasteiger charge is -2.42. The predicted molar refractivity (Wildman–Crippen MR) is 260 cm³/mol. The van der Waals surface area contributed by atoms with Gasteiger partial charge in [0.15, 0.2) is 7.37 Å². The lowest BCUT2D eigenvalue weighted by Crippen LogP contribution is -2.61. The van der Waals surface area contributed by atoms with E-state index >= 15 is 0 Å². The lowest BCUT2D eigenvalue weighted by molar-refractivity contribution is -0.265. The second-order valence-corrected chi connectivity index (χ2v) is 24.0. The van der Waals surface area contributed by atoms with E-state index in [1.54, 1.807) is 54.2 Å². The summed E-state index contributed by atoms with van der Waals surface area (Å²) in [5.74, 6) is -7.83. The summed E-state index contributed by atoms with van der Waals surface area (Å²) in [5, 5.41) is 23.4. The van der Waals surface area contributed by atoms with Crippen molar-refractivity contribution in [1.29, 1.82) is 0 Å². The average molecular weight is 958 g/mol. The van der Waals surface area contributed by atoms with Gasteiger partial charge in [0.1, 0.15) is 23.7 Å². The third-order valence-corrected chi connectivity index (χ3v) is 15.8. The van der Waals surface area contributed by atoms with Crippen molar-refractivity contribution in [2.75, 3.05) is 27.0 Å². The Kier molecular flexibility index (Phi) is 21.2. The van der Waals surface area contributed by atoms with Gasteiger partial charge in [0, 0.05) is 63.5 Å². The highest BCUT2D eigenvalue weighted by atomic mass is 31.2. The molecule has 0 aromatic heterocycles. The number of piperidine rings is 1. The Hall–Kier alpha value is -3.06. The summed E-state index contributed by atoms with van der Waals surface area (Å²) in [6.07, 6.45) is 14.3. The van der Waals surface area contributed by atoms with E-state index in [2.05, 4.69) is 6.92 Å². The zero-order valence-corrected chi connectivity index (χ0v) is 43.5. The first kappa shape index (κ1) is 56.5. The average Bonchev–Trinajstić information content (AvgIpc) is 3.27. The number of ether oxygens (including phenoxy) is 3. The molecule has 3 aliphatic heterocycles. The summed E-state index contributed by atoms with van der Waals surface area (Å²) < 4.78 is 36.8. The Bertz CT molecular complexity index is 1900. The van der Waals surface area contributed by atoms with E-state index in [1.807, 2.05) is 58.1 Å². The van der Waals surface area contributed by atoms with Crippen LogP contribution in [0.3, 0.4) is 0 Å². The Morgan fingerprint density at radius 1 is 0.896 bits per heavy atom. The fourth-order valence-electron chi connectivity index (χ4n) is 10.7. The Balaban J connectivity index is 1.68. The highest BCUT2D eigenvalue weighted by molar-refractivity contribution is 7.57. The van der Waals surface area contributed by atoms with Crippen molar-refractivity contribution in [2.45, 2.75) is 182 Å². The molecule has 1 aliphatic carbocycles. The van der Waals surface area contributed by atoms with Gasteiger partial charge in [0.2, 0.25) is 5.79 Å². The first-order valence-corrected chi connectivity index (χ1v) is 27.5. The number of hydrogen-bond acceptors (Lipinski definition) is 12. The number of cyclic esters (lactones) is 1. The maximum atomic E-state index is 14.4. The minimum absolute atomic E-state index is 0.0657. The molecule has 0 spiro atoms. The van der Waals surface area contributed by atoms with Gasteiger partial charge in [0.25, 0.3) is 11.7 Å². The van der Waals surface area contributed by atoms with Gasteiger partial charge in [-0.1, -0.05) is 84.9 Å². The predicted octanol–water partition coefficient (Wildman–Crippen LogP) is 8.98. The van der Waals surface area contributed by atoms with Crippen molar-refractivity contribution >= 4 is 36.6 Å². The molecule has 4 aliphatic rings. The first-order chi connectivity index (χ1) is 31.4. The van der Waals surface area contributed by atoms with Crippen LogP contribution in [0.1, 0.15) is 139 Å². The van der Waals surface area contributed by atoms with Gasteiger partial charge in [-0.15, -0.1) is 0 Å². The number of amides is 1. The number of allylic oxidation sites excluding steroid dienone is 6. The molecule has 2 unspecified atom stereocenters. The van der Waals surface area contributed by atoms with Crippen LogP contribution in [0.4, 0.5) is 0 Å². The van der Waals surface area contributed by atoms with E-state index in [4.69, 9.17) is 18.7 Å². The van der Waals surface area contributed by atoms with Crippen LogP contribution in [0.5, 0.6) is 0 Å². The smallest absolute Gasteiger partial charge is 0.329 e. The van der Waals surface area contributed by atoms with Crippen LogP contribution in [-0.2, 0) is 47.3 Å². The van der Waals surface area contributed by atoms with Crippen molar-refractivity contribution in [2.24, 2.45) is 47.3 Å². The van der Waals surface area contributed by atoms with E-state index in [0.29, 0.717) is 50.5 Å². The van der Waals surface area contributed by atoms with Gasteiger partial charge in [-0.05, 0) is 113 Å². The lowest BCUT2D eigenvalue weighted by atomic mass is 9.75. The van der Waals surface area contributed by atoms with Crippen LogP contribution in [0.25, 0.3) is 0 Å². The highest BCUT2D eigenvalue weighted by Gasteiger charge is 2.53. The summed E-state index contributed by atoms with van der Waals surface area (Å²) in [7, 11) is -1.10. The van der Waals surface area contributed by atoms with Crippen LogP contribution >= 0.6 is 7.37 Å². The molecule has 13 nitrogen and oxygen atoms in total. The largest absolute Gasteiger partial charge is 0.460 e. The van der Waals surface area contributed by atoms with E-state index in [9.17, 15) is 38.8 Å². The molecular formula is C53H84NO12P. The molecule has 378 valence electrons. The number of Topliss-reactive ketones (excluding diaryl/α,β-unsaturated/α-hetero) is 3. The fourth-order valence-corrected chi connectivity index (χ4v) is 11.7. The Morgan fingerprint density at radius 2 is 1.60 bits per heavy atom. The van der Waals surface area contributed by atoms with Crippen LogP contribution < -0.4 is 0 Å². The molecule has 3 heterocycles. The molecule has 15 atom stereocenters. The monoisotopic (exact) mass is 958 g/mol. The van der Waals surface area contributed by atoms with Crippen LogP contribution in [0.15, 0.2) is 47.6 Å². The Labute approximate surface area is 401 Å². The zero-order chi connectivity index (χ0) is 50.0. The summed E-state index contributed by atoms with van der Waals surface area (Å²) in [6.45, 7) is 20.1. The van der Waals surface area contributed by atoms with Crippen LogP contribution in [-0.4, -0.2) is 114 Å². The van der Waals surface area contributed by atoms with Crippen LogP contribution in [0.2, 0.25) is 0 Å². The number of carbonyl (C=O) groups excluding carboxylic acids is 5. The maximum Gasteiger partial charge on any atom is 0.329 e. The van der Waals surface area contributed by atoms with Gasteiger partial charge in [0.05, 0.1) is 24.4 Å². The molecule has 0 radical (unpaired) electrons. The van der Waals surface area contributed by atoms with Crippen molar-refractivity contribution in [3.63, 3.8) is 0 Å². The molecule has 3 fully saturated rings. The minimum atomic E-state index is -2.69. The molecule has 0 aromatic rings. The number of rotatable bonds is 6. The molecule has 67 heavy (non-hydrogen) atoms. The summed E-state index contributed by atoms with van der Waals surface area (Å²) >= 11 is 0. The second-order valence-electron chi connectivity index (χ2n) is 21.3. The number of methoxy groups -OCH3 is 1. The van der Waals surface area contributed by atoms with Gasteiger partial charge >= 0.3 is 5.97 Å². The molecule has 0 aromatic carbocycles. The summed E-state index contributed by atoms with van der Waals surface area (Å²) in [6, 6.07) is -1.12. The molecule has 14 heteroatoms. The molecule has 1 amide bonds. The first-order valence-electron chi connectivity index (χ1n) is 25.0. The Morgan fingerprint density at radius 3 is 2.25 bits per heavy atom. The van der Waals surface area contributed by atoms with E-state index in [-0.39, 0.29) is 66.6 Å². The van der Waals surface area contributed by atoms with Crippen molar-refractivity contribution in [1.82, 2.24) is 4.90 Å². The summed E-state index contributed by atoms with van der Waals surface area (Å²) in [5.41, 5.74) is 1.39. The molecule has 2 N–H and O–H groups in total. The maximum absolute atomic E-state index is 14.4. The zero-order valence-electron chi connectivity index (χ0n) is 42.6. The van der Waals surface area contributed by atoms with E-state index in [0.717, 1.165) is 24.8 Å². The number of carbonyl (C=O) groups is 5. The van der Waals surface area contributed by atoms with Gasteiger partial charge in [-0.3, -0.25) is 23.7 Å². The number of hydrogen-bond donors (Lipinski definition) is 2. The normalized spacial score (nSPS) is 38.6. The molecule has 4 rings (SSSR count). The minimum Gasteiger partial charge on any atom is -0.460 e. The van der Waals surface area contributed by atoms with Gasteiger partial charge < -0.3 is 33.8 Å². The molecular weight excluding hydrogens is 874 g/mol. The third-order valence-electron chi connectivity index (χ3n) is 15.0. The molecule has 2 bridgehead atoms. The topological polar surface area (TPSA) is 183 Å². The van der Waals surface area contributed by atoms with E-state index in [1.165, 1.54) is 4.90 Å². The summed E-state index contributed by atoms with van der Waals surface area (Å²) in [4.78, 5) is 72.0. The van der Waals surface area contributed by atoms with Crippen LogP contribution in [0, 0.1) is 47.3 Å².